The predicted octanol–water partition coefficient (Wildman–Crippen LogP) is 2.73. The largest absolute Gasteiger partial charge is 0.269 e. The van der Waals surface area contributed by atoms with Crippen LogP contribution in [-0.4, -0.2) is 14.4 Å². The first-order valence-corrected chi connectivity index (χ1v) is 7.51. The lowest BCUT2D eigenvalue weighted by Gasteiger charge is -2.04. The Morgan fingerprint density at radius 2 is 2.25 bits per heavy atom. The van der Waals surface area contributed by atoms with Crippen LogP contribution in [0.5, 0.6) is 0 Å². The zero-order valence-corrected chi connectivity index (χ0v) is 11.8. The van der Waals surface area contributed by atoms with Crippen LogP contribution in [0.1, 0.15) is 35.2 Å². The average Bonchev–Trinajstić information content (AvgIpc) is 3.13. The average molecular weight is 283 g/mol. The number of aromatic nitrogens is 3. The second kappa shape index (κ2) is 4.24. The molecule has 20 heavy (non-hydrogen) atoms. The Hall–Kier alpha value is -2.01. The van der Waals surface area contributed by atoms with Gasteiger partial charge in [0, 0.05) is 40.9 Å². The van der Waals surface area contributed by atoms with E-state index in [0.29, 0.717) is 11.8 Å². The Bertz CT molecular complexity index is 837. The molecule has 0 unspecified atom stereocenters. The number of rotatable bonds is 2. The smallest absolute Gasteiger partial charge is 0.261 e. The fourth-order valence-corrected chi connectivity index (χ4v) is 3.48. The van der Waals surface area contributed by atoms with Crippen LogP contribution in [-0.2, 0) is 0 Å². The summed E-state index contributed by atoms with van der Waals surface area (Å²) in [6.07, 6.45) is 4.64. The van der Waals surface area contributed by atoms with Gasteiger partial charge in [-0.2, -0.15) is 0 Å². The Morgan fingerprint density at radius 1 is 1.35 bits per heavy atom. The molecule has 1 aliphatic rings. The van der Waals surface area contributed by atoms with Gasteiger partial charge in [-0.05, 0) is 25.5 Å². The van der Waals surface area contributed by atoms with Gasteiger partial charge in [0.05, 0.1) is 5.69 Å². The Morgan fingerprint density at radius 3 is 3.05 bits per heavy atom. The third-order valence-corrected chi connectivity index (χ3v) is 4.70. The molecule has 1 saturated carbocycles. The topological polar surface area (TPSA) is 47.3 Å². The molecule has 3 aromatic heterocycles. The predicted molar refractivity (Wildman–Crippen MR) is 78.4 cm³/mol. The van der Waals surface area contributed by atoms with Crippen LogP contribution in [0, 0.1) is 6.92 Å². The highest BCUT2D eigenvalue weighted by atomic mass is 32.1. The summed E-state index contributed by atoms with van der Waals surface area (Å²) in [6, 6.07) is 5.99. The summed E-state index contributed by atoms with van der Waals surface area (Å²) in [5, 5.41) is 1.90. The van der Waals surface area contributed by atoms with Crippen LogP contribution in [0.15, 0.2) is 40.8 Å². The molecular formula is C15H13N3OS. The summed E-state index contributed by atoms with van der Waals surface area (Å²) in [6.45, 7) is 1.88. The van der Waals surface area contributed by atoms with Crippen molar-refractivity contribution >= 4 is 16.3 Å². The molecule has 4 rings (SSSR count). The molecule has 0 spiro atoms. The minimum absolute atomic E-state index is 0.0536. The van der Waals surface area contributed by atoms with Gasteiger partial charge in [0.15, 0.2) is 4.96 Å². The molecule has 0 saturated heterocycles. The standard InChI is InChI=1S/C15H13N3OS/c1-9-13(17-15-18(14(9)19)6-7-20-15)11-8-10(11)12-4-2-3-5-16-12/h2-7,10-11H,8H2,1H3/t10-,11-/m1/s1. The van der Waals surface area contributed by atoms with Crippen molar-refractivity contribution < 1.29 is 0 Å². The second-order valence-corrected chi connectivity index (χ2v) is 6.06. The van der Waals surface area contributed by atoms with Crippen molar-refractivity contribution in [1.82, 2.24) is 14.4 Å². The molecule has 1 fully saturated rings. The quantitative estimate of drug-likeness (QED) is 0.726. The van der Waals surface area contributed by atoms with E-state index in [9.17, 15) is 4.79 Å². The molecule has 0 aliphatic heterocycles. The van der Waals surface area contributed by atoms with E-state index in [-0.39, 0.29) is 5.56 Å². The molecule has 5 heteroatoms. The Labute approximate surface area is 119 Å². The van der Waals surface area contributed by atoms with Gasteiger partial charge in [0.1, 0.15) is 0 Å². The molecule has 1 aliphatic carbocycles. The monoisotopic (exact) mass is 283 g/mol. The molecule has 3 aromatic rings. The summed E-state index contributed by atoms with van der Waals surface area (Å²) >= 11 is 1.50. The summed E-state index contributed by atoms with van der Waals surface area (Å²) in [4.78, 5) is 22.2. The van der Waals surface area contributed by atoms with Crippen molar-refractivity contribution in [1.29, 1.82) is 0 Å². The summed E-state index contributed by atoms with van der Waals surface area (Å²) in [5.41, 5.74) is 2.88. The van der Waals surface area contributed by atoms with E-state index < -0.39 is 0 Å². The first kappa shape index (κ1) is 11.8. The number of thiazole rings is 1. The number of nitrogens with zero attached hydrogens (tertiary/aromatic N) is 3. The normalized spacial score (nSPS) is 21.2. The van der Waals surface area contributed by atoms with Crippen molar-refractivity contribution in [3.05, 3.63) is 63.3 Å². The van der Waals surface area contributed by atoms with E-state index in [4.69, 9.17) is 0 Å². The lowest BCUT2D eigenvalue weighted by atomic mass is 10.1. The molecule has 0 aromatic carbocycles. The minimum Gasteiger partial charge on any atom is -0.269 e. The summed E-state index contributed by atoms with van der Waals surface area (Å²) in [5.74, 6) is 0.744. The molecule has 3 heterocycles. The molecule has 4 nitrogen and oxygen atoms in total. The molecule has 100 valence electrons. The first-order valence-electron chi connectivity index (χ1n) is 6.63. The van der Waals surface area contributed by atoms with Crippen LogP contribution in [0.25, 0.3) is 4.96 Å². The Balaban J connectivity index is 1.77. The molecule has 0 N–H and O–H groups in total. The highest BCUT2D eigenvalue weighted by molar-refractivity contribution is 7.15. The van der Waals surface area contributed by atoms with Crippen LogP contribution in [0.4, 0.5) is 0 Å². The van der Waals surface area contributed by atoms with Crippen molar-refractivity contribution in [2.45, 2.75) is 25.2 Å². The van der Waals surface area contributed by atoms with Crippen molar-refractivity contribution in [3.8, 4) is 0 Å². The lowest BCUT2D eigenvalue weighted by Crippen LogP contribution is -2.18. The highest BCUT2D eigenvalue weighted by Crippen LogP contribution is 2.53. The second-order valence-electron chi connectivity index (χ2n) is 5.19. The van der Waals surface area contributed by atoms with Crippen LogP contribution >= 0.6 is 11.3 Å². The van der Waals surface area contributed by atoms with Crippen LogP contribution in [0.2, 0.25) is 0 Å². The van der Waals surface area contributed by atoms with E-state index in [1.807, 2.05) is 30.6 Å². The first-order chi connectivity index (χ1) is 9.75. The van der Waals surface area contributed by atoms with E-state index in [1.54, 1.807) is 10.6 Å². The third-order valence-electron chi connectivity index (χ3n) is 3.94. The molecule has 0 radical (unpaired) electrons. The fraction of sp³-hybridized carbons (Fsp3) is 0.267. The van der Waals surface area contributed by atoms with Crippen LogP contribution < -0.4 is 5.56 Å². The number of hydrogen-bond donors (Lipinski definition) is 0. The van der Waals surface area contributed by atoms with Gasteiger partial charge in [-0.1, -0.05) is 6.07 Å². The van der Waals surface area contributed by atoms with E-state index >= 15 is 0 Å². The molecular weight excluding hydrogens is 270 g/mol. The van der Waals surface area contributed by atoms with Gasteiger partial charge in [-0.3, -0.25) is 14.2 Å². The number of pyridine rings is 1. The van der Waals surface area contributed by atoms with Gasteiger partial charge in [0.2, 0.25) is 0 Å². The molecule has 0 bridgehead atoms. The zero-order valence-electron chi connectivity index (χ0n) is 11.0. The van der Waals surface area contributed by atoms with E-state index in [0.717, 1.165) is 28.3 Å². The van der Waals surface area contributed by atoms with Gasteiger partial charge < -0.3 is 0 Å². The maximum Gasteiger partial charge on any atom is 0.261 e. The van der Waals surface area contributed by atoms with Crippen molar-refractivity contribution in [2.24, 2.45) is 0 Å². The SMILES string of the molecule is Cc1c([C@@H]2C[C@H]2c2ccccn2)nc2sccn2c1=O. The van der Waals surface area contributed by atoms with Crippen LogP contribution in [0.3, 0.4) is 0 Å². The summed E-state index contributed by atoms with van der Waals surface area (Å²) in [7, 11) is 0. The zero-order chi connectivity index (χ0) is 13.7. The van der Waals surface area contributed by atoms with Gasteiger partial charge in [-0.15, -0.1) is 11.3 Å². The molecule has 0 amide bonds. The van der Waals surface area contributed by atoms with Crippen molar-refractivity contribution in [2.75, 3.05) is 0 Å². The highest BCUT2D eigenvalue weighted by Gasteiger charge is 2.43. The van der Waals surface area contributed by atoms with E-state index in [2.05, 4.69) is 16.0 Å². The maximum atomic E-state index is 12.3. The van der Waals surface area contributed by atoms with E-state index in [1.165, 1.54) is 11.3 Å². The third kappa shape index (κ3) is 1.70. The fourth-order valence-electron chi connectivity index (χ4n) is 2.76. The summed E-state index contributed by atoms with van der Waals surface area (Å²) < 4.78 is 1.63. The molecule has 2 atom stereocenters. The number of hydrogen-bond acceptors (Lipinski definition) is 4. The number of fused-ring (bicyclic) bond motifs is 1. The van der Waals surface area contributed by atoms with Gasteiger partial charge in [-0.25, -0.2) is 4.98 Å². The van der Waals surface area contributed by atoms with Crippen molar-refractivity contribution in [3.63, 3.8) is 0 Å². The van der Waals surface area contributed by atoms with Gasteiger partial charge in [0.25, 0.3) is 5.56 Å². The minimum atomic E-state index is 0.0536. The maximum absolute atomic E-state index is 12.3. The lowest BCUT2D eigenvalue weighted by molar-refractivity contribution is 0.897. The van der Waals surface area contributed by atoms with Gasteiger partial charge >= 0.3 is 0 Å². The Kier molecular flexibility index (Phi) is 2.50.